The predicted octanol–water partition coefficient (Wildman–Crippen LogP) is 2.99. The Morgan fingerprint density at radius 1 is 1.20 bits per heavy atom. The van der Waals surface area contributed by atoms with E-state index in [1.165, 1.54) is 18.4 Å². The number of unbranched alkanes of at least 4 members (excludes halogenated alkanes) is 1. The van der Waals surface area contributed by atoms with Crippen LogP contribution < -0.4 is 21.3 Å². The maximum Gasteiger partial charge on any atom is 0.264 e. The summed E-state index contributed by atoms with van der Waals surface area (Å²) in [5.41, 5.74) is 8.28. The molecule has 3 heterocycles. The highest BCUT2D eigenvalue weighted by atomic mass is 16.5. The number of hydrogen-bond donors (Lipinski definition) is 3. The fraction of sp³-hybridized carbons (Fsp3) is 0.500. The first-order valence-electron chi connectivity index (χ1n) is 12.4. The predicted molar refractivity (Wildman–Crippen MR) is 139 cm³/mol. The van der Waals surface area contributed by atoms with Crippen molar-refractivity contribution in [2.45, 2.75) is 58.2 Å². The summed E-state index contributed by atoms with van der Waals surface area (Å²) in [6.45, 7) is 5.56. The van der Waals surface area contributed by atoms with E-state index in [0.717, 1.165) is 50.2 Å². The lowest BCUT2D eigenvalue weighted by Crippen LogP contribution is -2.27. The Morgan fingerprint density at radius 3 is 2.71 bits per heavy atom. The lowest BCUT2D eigenvalue weighted by molar-refractivity contribution is 0.267. The normalized spacial score (nSPS) is 14.9. The largest absolute Gasteiger partial charge is 0.496 e. The van der Waals surface area contributed by atoms with E-state index in [-0.39, 0.29) is 24.2 Å². The first kappa shape index (κ1) is 24.9. The molecule has 1 fully saturated rings. The molecule has 0 amide bonds. The van der Waals surface area contributed by atoms with Crippen LogP contribution in [0.3, 0.4) is 0 Å². The second-order valence-corrected chi connectivity index (χ2v) is 9.23. The summed E-state index contributed by atoms with van der Waals surface area (Å²) < 4.78 is 7.31. The van der Waals surface area contributed by atoms with Gasteiger partial charge in [-0.3, -0.25) is 9.69 Å². The number of aliphatic hydroxyl groups is 1. The SMILES string of the molecule is CCCC[C@@H](CO)Nc1nc(N)nc2ccn(Cc3ccc(CN4CCCC4)cc3OC)c(=O)c12. The van der Waals surface area contributed by atoms with Crippen LogP contribution in [0.4, 0.5) is 11.8 Å². The van der Waals surface area contributed by atoms with Crippen LogP contribution in [0.5, 0.6) is 5.75 Å². The van der Waals surface area contributed by atoms with Gasteiger partial charge in [-0.05, 0) is 50.0 Å². The van der Waals surface area contributed by atoms with Crippen molar-refractivity contribution in [2.24, 2.45) is 0 Å². The number of aliphatic hydroxyl groups excluding tert-OH is 1. The number of benzene rings is 1. The molecule has 0 saturated carbocycles. The van der Waals surface area contributed by atoms with Crippen LogP contribution in [0.25, 0.3) is 10.9 Å². The summed E-state index contributed by atoms with van der Waals surface area (Å²) in [6.07, 6.45) is 6.96. The quantitative estimate of drug-likeness (QED) is 0.383. The molecule has 1 saturated heterocycles. The fourth-order valence-corrected chi connectivity index (χ4v) is 4.68. The highest BCUT2D eigenvalue weighted by Crippen LogP contribution is 2.24. The standard InChI is InChI=1S/C26H36N6O3/c1-3-4-7-20(17-33)28-24-23-21(29-26(27)30-24)10-13-32(25(23)34)16-19-9-8-18(14-22(19)35-2)15-31-11-5-6-12-31/h8-10,13-14,20,33H,3-7,11-12,15-17H2,1-2H3,(H3,27,28,29,30)/t20-/m0/s1. The van der Waals surface area contributed by atoms with E-state index in [1.807, 2.05) is 6.07 Å². The van der Waals surface area contributed by atoms with E-state index < -0.39 is 0 Å². The van der Waals surface area contributed by atoms with E-state index in [4.69, 9.17) is 10.5 Å². The van der Waals surface area contributed by atoms with Gasteiger partial charge in [-0.2, -0.15) is 4.98 Å². The number of likely N-dealkylation sites (tertiary alicyclic amines) is 1. The number of rotatable bonds is 11. The molecule has 4 N–H and O–H groups in total. The number of anilines is 2. The summed E-state index contributed by atoms with van der Waals surface area (Å²) >= 11 is 0. The van der Waals surface area contributed by atoms with Gasteiger partial charge in [0.1, 0.15) is 17.0 Å². The van der Waals surface area contributed by atoms with Crippen molar-refractivity contribution in [2.75, 3.05) is 37.9 Å². The molecule has 3 aromatic rings. The minimum Gasteiger partial charge on any atom is -0.496 e. The minimum atomic E-state index is -0.222. The molecule has 0 spiro atoms. The molecule has 0 aliphatic carbocycles. The highest BCUT2D eigenvalue weighted by Gasteiger charge is 2.17. The lowest BCUT2D eigenvalue weighted by Gasteiger charge is -2.19. The van der Waals surface area contributed by atoms with Crippen molar-refractivity contribution in [3.05, 3.63) is 51.9 Å². The zero-order valence-electron chi connectivity index (χ0n) is 20.7. The van der Waals surface area contributed by atoms with E-state index in [2.05, 4.69) is 39.2 Å². The summed E-state index contributed by atoms with van der Waals surface area (Å²) in [5, 5.41) is 13.4. The summed E-state index contributed by atoms with van der Waals surface area (Å²) in [4.78, 5) is 24.5. The average molecular weight is 481 g/mol. The molecule has 1 aliphatic heterocycles. The van der Waals surface area contributed by atoms with Crippen molar-refractivity contribution in [3.63, 3.8) is 0 Å². The Balaban J connectivity index is 1.64. The van der Waals surface area contributed by atoms with Crippen LogP contribution in [0, 0.1) is 0 Å². The van der Waals surface area contributed by atoms with E-state index in [9.17, 15) is 9.90 Å². The van der Waals surface area contributed by atoms with Crippen molar-refractivity contribution in [3.8, 4) is 5.75 Å². The molecular weight excluding hydrogens is 444 g/mol. The topological polar surface area (TPSA) is 119 Å². The summed E-state index contributed by atoms with van der Waals surface area (Å²) in [7, 11) is 1.66. The number of hydrogen-bond acceptors (Lipinski definition) is 8. The van der Waals surface area contributed by atoms with Gasteiger partial charge in [0, 0.05) is 18.3 Å². The number of nitrogens with zero attached hydrogens (tertiary/aromatic N) is 4. The molecule has 1 aliphatic rings. The van der Waals surface area contributed by atoms with Crippen LogP contribution in [0.15, 0.2) is 35.3 Å². The Hall–Kier alpha value is -3.17. The molecule has 2 aromatic heterocycles. The van der Waals surface area contributed by atoms with Gasteiger partial charge < -0.3 is 25.5 Å². The zero-order valence-corrected chi connectivity index (χ0v) is 20.7. The lowest BCUT2D eigenvalue weighted by atomic mass is 10.1. The molecular formula is C26H36N6O3. The van der Waals surface area contributed by atoms with Gasteiger partial charge in [0.25, 0.3) is 5.56 Å². The third kappa shape index (κ3) is 5.91. The Bertz CT molecular complexity index is 1210. The van der Waals surface area contributed by atoms with Gasteiger partial charge in [-0.15, -0.1) is 0 Å². The molecule has 35 heavy (non-hydrogen) atoms. The molecule has 0 bridgehead atoms. The second kappa shape index (κ2) is 11.5. The Morgan fingerprint density at radius 2 is 2.00 bits per heavy atom. The number of nitrogen functional groups attached to an aromatic ring is 1. The average Bonchev–Trinajstić information content (AvgIpc) is 3.37. The van der Waals surface area contributed by atoms with E-state index in [0.29, 0.717) is 23.3 Å². The molecule has 4 rings (SSSR count). The summed E-state index contributed by atoms with van der Waals surface area (Å²) in [5.74, 6) is 1.20. The molecule has 0 unspecified atom stereocenters. The van der Waals surface area contributed by atoms with E-state index >= 15 is 0 Å². The third-order valence-corrected chi connectivity index (χ3v) is 6.61. The molecule has 1 atom stereocenters. The Kier molecular flexibility index (Phi) is 8.20. The Labute approximate surface area is 205 Å². The number of methoxy groups -OCH3 is 1. The van der Waals surface area contributed by atoms with Crippen LogP contribution in [-0.4, -0.2) is 57.4 Å². The number of aromatic nitrogens is 3. The highest BCUT2D eigenvalue weighted by molar-refractivity contribution is 5.89. The maximum atomic E-state index is 13.5. The number of fused-ring (bicyclic) bond motifs is 1. The van der Waals surface area contributed by atoms with Crippen molar-refractivity contribution < 1.29 is 9.84 Å². The smallest absolute Gasteiger partial charge is 0.264 e. The molecule has 1 aromatic carbocycles. The number of pyridine rings is 1. The third-order valence-electron chi connectivity index (χ3n) is 6.61. The van der Waals surface area contributed by atoms with Gasteiger partial charge in [-0.1, -0.05) is 31.9 Å². The minimum absolute atomic E-state index is 0.0621. The van der Waals surface area contributed by atoms with Crippen molar-refractivity contribution in [1.82, 2.24) is 19.4 Å². The fourth-order valence-electron chi connectivity index (χ4n) is 4.68. The van der Waals surface area contributed by atoms with Gasteiger partial charge in [0.15, 0.2) is 0 Å². The van der Waals surface area contributed by atoms with Crippen LogP contribution in [0.2, 0.25) is 0 Å². The molecule has 9 heteroatoms. The van der Waals surface area contributed by atoms with Gasteiger partial charge in [0.2, 0.25) is 5.95 Å². The van der Waals surface area contributed by atoms with Gasteiger partial charge >= 0.3 is 0 Å². The number of ether oxygens (including phenoxy) is 1. The zero-order chi connectivity index (χ0) is 24.8. The van der Waals surface area contributed by atoms with E-state index in [1.54, 1.807) is 23.9 Å². The molecule has 188 valence electrons. The molecule has 9 nitrogen and oxygen atoms in total. The van der Waals surface area contributed by atoms with Gasteiger partial charge in [0.05, 0.1) is 31.8 Å². The summed E-state index contributed by atoms with van der Waals surface area (Å²) in [6, 6.07) is 7.76. The van der Waals surface area contributed by atoms with Crippen LogP contribution >= 0.6 is 0 Å². The second-order valence-electron chi connectivity index (χ2n) is 9.23. The van der Waals surface area contributed by atoms with Crippen molar-refractivity contribution >= 4 is 22.7 Å². The number of nitrogens with two attached hydrogens (primary N) is 1. The van der Waals surface area contributed by atoms with Gasteiger partial charge in [-0.25, -0.2) is 4.98 Å². The van der Waals surface area contributed by atoms with Crippen molar-refractivity contribution in [1.29, 1.82) is 0 Å². The first-order valence-corrected chi connectivity index (χ1v) is 12.4. The maximum absolute atomic E-state index is 13.5. The molecule has 0 radical (unpaired) electrons. The van der Waals surface area contributed by atoms with Crippen LogP contribution in [0.1, 0.15) is 50.2 Å². The monoisotopic (exact) mass is 480 g/mol. The first-order chi connectivity index (χ1) is 17.0. The van der Waals surface area contributed by atoms with Crippen LogP contribution in [-0.2, 0) is 13.1 Å². The number of nitrogens with one attached hydrogen (secondary N) is 1.